The van der Waals surface area contributed by atoms with Crippen molar-refractivity contribution in [3.63, 3.8) is 0 Å². The molecule has 3 aromatic carbocycles. The number of nitrogens with zero attached hydrogens (tertiary/aromatic N) is 2. The first-order chi connectivity index (χ1) is 13.4. The van der Waals surface area contributed by atoms with Gasteiger partial charge in [0.15, 0.2) is 0 Å². The molecule has 0 bridgehead atoms. The van der Waals surface area contributed by atoms with E-state index in [0.717, 1.165) is 38.7 Å². The van der Waals surface area contributed by atoms with Crippen LogP contribution in [0.1, 0.15) is 25.0 Å². The Morgan fingerprint density at radius 1 is 0.929 bits per heavy atom. The van der Waals surface area contributed by atoms with E-state index in [1.54, 1.807) is 0 Å². The Morgan fingerprint density at radius 2 is 1.61 bits per heavy atom. The average molecular weight is 367 g/mol. The molecule has 0 aliphatic heterocycles. The van der Waals surface area contributed by atoms with E-state index >= 15 is 0 Å². The number of fused-ring (bicyclic) bond motifs is 2. The van der Waals surface area contributed by atoms with E-state index < -0.39 is 0 Å². The molecule has 0 radical (unpaired) electrons. The Hall–Kier alpha value is -3.46. The maximum absolute atomic E-state index is 5.86. The van der Waals surface area contributed by atoms with Gasteiger partial charge in [-0.3, -0.25) is 4.99 Å². The van der Waals surface area contributed by atoms with E-state index in [0.29, 0.717) is 0 Å². The van der Waals surface area contributed by atoms with Gasteiger partial charge in [0.05, 0.1) is 16.7 Å². The molecule has 0 spiro atoms. The fraction of sp³-hybridized carbons (Fsp3) is 0.120. The molecule has 1 heterocycles. The number of allylic oxidation sites excluding steroid dienone is 1. The highest BCUT2D eigenvalue weighted by molar-refractivity contribution is 5.95. The number of hydrogen-bond donors (Lipinski definition) is 1. The first kappa shape index (κ1) is 19.3. The van der Waals surface area contributed by atoms with Gasteiger partial charge in [0.25, 0.3) is 0 Å². The van der Waals surface area contributed by atoms with Crippen molar-refractivity contribution in [1.29, 1.82) is 0 Å². The number of pyridine rings is 1. The smallest absolute Gasteiger partial charge is 0.0731 e. The van der Waals surface area contributed by atoms with Gasteiger partial charge in [0.2, 0.25) is 0 Å². The van der Waals surface area contributed by atoms with Crippen LogP contribution in [0.15, 0.2) is 83.9 Å². The molecule has 28 heavy (non-hydrogen) atoms. The molecule has 0 aliphatic rings. The van der Waals surface area contributed by atoms with E-state index in [2.05, 4.69) is 42.8 Å². The van der Waals surface area contributed by atoms with E-state index in [1.165, 1.54) is 11.1 Å². The van der Waals surface area contributed by atoms with Crippen molar-refractivity contribution in [2.24, 2.45) is 4.99 Å². The standard InChI is InChI=1S/C21H17N3.C4H8/c1-14-3-2-4-15(9-14)13-23-19-8-6-17-10-16-5-7-18(22)11-20(16)24-21(17)12-19;1-4(2)3/h2-13H,22H2,1H3;1H2,2-3H3. The zero-order valence-electron chi connectivity index (χ0n) is 16.6. The quantitative estimate of drug-likeness (QED) is 0.187. The number of nitrogen functional groups attached to an aromatic ring is 1. The van der Waals surface area contributed by atoms with Crippen molar-refractivity contribution in [1.82, 2.24) is 4.98 Å². The van der Waals surface area contributed by atoms with Crippen LogP contribution < -0.4 is 5.73 Å². The summed E-state index contributed by atoms with van der Waals surface area (Å²) in [6.45, 7) is 9.58. The Morgan fingerprint density at radius 3 is 2.32 bits per heavy atom. The van der Waals surface area contributed by atoms with Gasteiger partial charge in [-0.15, -0.1) is 6.58 Å². The minimum atomic E-state index is 0.725. The summed E-state index contributed by atoms with van der Waals surface area (Å²) in [5, 5.41) is 2.19. The van der Waals surface area contributed by atoms with Crippen molar-refractivity contribution >= 4 is 39.4 Å². The Bertz CT molecular complexity index is 1170. The molecule has 0 saturated heterocycles. The molecule has 0 unspecified atom stereocenters. The summed E-state index contributed by atoms with van der Waals surface area (Å²) in [4.78, 5) is 9.29. The molecule has 4 rings (SSSR count). The van der Waals surface area contributed by atoms with Crippen LogP contribution in [0.4, 0.5) is 11.4 Å². The maximum atomic E-state index is 5.86. The third kappa shape index (κ3) is 5.04. The average Bonchev–Trinajstić information content (AvgIpc) is 2.64. The van der Waals surface area contributed by atoms with E-state index in [1.807, 2.05) is 62.5 Å². The van der Waals surface area contributed by atoms with Gasteiger partial charge in [-0.2, -0.15) is 0 Å². The van der Waals surface area contributed by atoms with Crippen LogP contribution in [0.2, 0.25) is 0 Å². The van der Waals surface area contributed by atoms with Crippen LogP contribution in [0.5, 0.6) is 0 Å². The molecular formula is C25H25N3. The van der Waals surface area contributed by atoms with E-state index in [9.17, 15) is 0 Å². The molecule has 0 atom stereocenters. The fourth-order valence-corrected chi connectivity index (χ4v) is 2.81. The second kappa shape index (κ2) is 8.49. The molecule has 0 amide bonds. The van der Waals surface area contributed by atoms with Crippen molar-refractivity contribution in [3.05, 3.63) is 90.0 Å². The van der Waals surface area contributed by atoms with Crippen molar-refractivity contribution in [3.8, 4) is 0 Å². The zero-order valence-corrected chi connectivity index (χ0v) is 16.6. The molecule has 0 aliphatic carbocycles. The molecule has 140 valence electrons. The molecule has 3 heteroatoms. The normalized spacial score (nSPS) is 10.8. The Balaban J connectivity index is 0.000000516. The summed E-state index contributed by atoms with van der Waals surface area (Å²) in [7, 11) is 0. The second-order valence-corrected chi connectivity index (χ2v) is 7.20. The monoisotopic (exact) mass is 367 g/mol. The lowest BCUT2D eigenvalue weighted by Gasteiger charge is -2.03. The predicted molar refractivity (Wildman–Crippen MR) is 123 cm³/mol. The van der Waals surface area contributed by atoms with Gasteiger partial charge in [-0.25, -0.2) is 4.98 Å². The van der Waals surface area contributed by atoms with Crippen LogP contribution in [-0.2, 0) is 0 Å². The van der Waals surface area contributed by atoms with Crippen LogP contribution in [0.25, 0.3) is 21.8 Å². The van der Waals surface area contributed by atoms with Crippen LogP contribution in [0, 0.1) is 6.92 Å². The SMILES string of the molecule is C=C(C)C.Cc1cccc(C=Nc2ccc3cc4ccc(N)cc4nc3c2)c1. The number of aliphatic imine (C=N–C) groups is 1. The predicted octanol–water partition coefficient (Wildman–Crippen LogP) is 6.61. The highest BCUT2D eigenvalue weighted by Gasteiger charge is 2.01. The second-order valence-electron chi connectivity index (χ2n) is 7.20. The molecule has 4 aromatic rings. The highest BCUT2D eigenvalue weighted by Crippen LogP contribution is 2.25. The summed E-state index contributed by atoms with van der Waals surface area (Å²) >= 11 is 0. The first-order valence-corrected chi connectivity index (χ1v) is 9.23. The van der Waals surface area contributed by atoms with Gasteiger partial charge in [0.1, 0.15) is 0 Å². The maximum Gasteiger partial charge on any atom is 0.0731 e. The summed E-state index contributed by atoms with van der Waals surface area (Å²) in [6.07, 6.45) is 1.88. The van der Waals surface area contributed by atoms with Crippen molar-refractivity contribution in [2.45, 2.75) is 20.8 Å². The largest absolute Gasteiger partial charge is 0.399 e. The van der Waals surface area contributed by atoms with E-state index in [4.69, 9.17) is 10.7 Å². The first-order valence-electron chi connectivity index (χ1n) is 9.23. The zero-order chi connectivity index (χ0) is 20.1. The molecular weight excluding hydrogens is 342 g/mol. The summed E-state index contributed by atoms with van der Waals surface area (Å²) < 4.78 is 0. The molecule has 0 fully saturated rings. The molecule has 1 aromatic heterocycles. The lowest BCUT2D eigenvalue weighted by molar-refractivity contribution is 1.42. The third-order valence-electron chi connectivity index (χ3n) is 4.03. The lowest BCUT2D eigenvalue weighted by Crippen LogP contribution is -1.87. The molecule has 3 nitrogen and oxygen atoms in total. The van der Waals surface area contributed by atoms with Crippen LogP contribution in [0.3, 0.4) is 0 Å². The topological polar surface area (TPSA) is 51.3 Å². The number of aryl methyl sites for hydroxylation is 1. The molecule has 0 saturated carbocycles. The fourth-order valence-electron chi connectivity index (χ4n) is 2.81. The van der Waals surface area contributed by atoms with Gasteiger partial charge >= 0.3 is 0 Å². The third-order valence-corrected chi connectivity index (χ3v) is 4.03. The summed E-state index contributed by atoms with van der Waals surface area (Å²) in [5.41, 5.74) is 12.8. The number of benzene rings is 3. The Kier molecular flexibility index (Phi) is 5.85. The minimum Gasteiger partial charge on any atom is -0.399 e. The van der Waals surface area contributed by atoms with Crippen LogP contribution >= 0.6 is 0 Å². The van der Waals surface area contributed by atoms with Gasteiger partial charge < -0.3 is 5.73 Å². The number of anilines is 1. The highest BCUT2D eigenvalue weighted by atomic mass is 14.7. The van der Waals surface area contributed by atoms with Crippen molar-refractivity contribution < 1.29 is 0 Å². The number of hydrogen-bond acceptors (Lipinski definition) is 3. The van der Waals surface area contributed by atoms with Crippen LogP contribution in [-0.4, -0.2) is 11.2 Å². The van der Waals surface area contributed by atoms with E-state index in [-0.39, 0.29) is 0 Å². The Labute approximate surface area is 166 Å². The number of nitrogens with two attached hydrogens (primary N) is 1. The number of aromatic nitrogens is 1. The minimum absolute atomic E-state index is 0.725. The van der Waals surface area contributed by atoms with Crippen molar-refractivity contribution in [2.75, 3.05) is 5.73 Å². The molecule has 2 N–H and O–H groups in total. The van der Waals surface area contributed by atoms with Gasteiger partial charge in [0, 0.05) is 22.7 Å². The summed E-state index contributed by atoms with van der Waals surface area (Å²) in [6, 6.07) is 22.3. The van der Waals surface area contributed by atoms with Gasteiger partial charge in [-0.05, 0) is 56.7 Å². The van der Waals surface area contributed by atoms with Gasteiger partial charge in [-0.1, -0.05) is 47.5 Å². The summed E-state index contributed by atoms with van der Waals surface area (Å²) in [5.74, 6) is 0. The number of rotatable bonds is 2. The lowest BCUT2D eigenvalue weighted by atomic mass is 10.1.